The number of amides is 2. The number of anilines is 3. The molecule has 3 N–H and O–H groups in total. The lowest BCUT2D eigenvalue weighted by Gasteiger charge is -2.07. The van der Waals surface area contributed by atoms with E-state index in [1.54, 1.807) is 24.3 Å². The van der Waals surface area contributed by atoms with Gasteiger partial charge >= 0.3 is 0 Å². The highest BCUT2D eigenvalue weighted by Gasteiger charge is 2.32. The zero-order valence-electron chi connectivity index (χ0n) is 11.1. The van der Waals surface area contributed by atoms with Gasteiger partial charge in [0.05, 0.1) is 11.1 Å². The lowest BCUT2D eigenvalue weighted by atomic mass is 10.1. The van der Waals surface area contributed by atoms with Gasteiger partial charge in [-0.05, 0) is 24.3 Å². The number of nitrogens with zero attached hydrogens (tertiary/aromatic N) is 2. The first kappa shape index (κ1) is 13.4. The van der Waals surface area contributed by atoms with E-state index in [0.717, 1.165) is 4.90 Å². The van der Waals surface area contributed by atoms with Gasteiger partial charge in [0.2, 0.25) is 0 Å². The first-order chi connectivity index (χ1) is 9.95. The number of carbonyl (C=O) groups is 2. The fraction of sp³-hybridized carbons (Fsp3) is 0.0714. The van der Waals surface area contributed by atoms with Gasteiger partial charge in [-0.25, -0.2) is 4.98 Å². The Labute approximate surface area is 125 Å². The molecule has 0 saturated carbocycles. The SMILES string of the molecule is CN1C(=O)c2ccc(Nc3cc(N)cc(Cl)n3)cc2C1=O. The summed E-state index contributed by atoms with van der Waals surface area (Å²) in [6.07, 6.45) is 0. The molecule has 3 rings (SSSR count). The van der Waals surface area contributed by atoms with E-state index >= 15 is 0 Å². The predicted molar refractivity (Wildman–Crippen MR) is 79.8 cm³/mol. The van der Waals surface area contributed by atoms with Gasteiger partial charge in [0, 0.05) is 24.5 Å². The topological polar surface area (TPSA) is 88.3 Å². The molecule has 6 nitrogen and oxygen atoms in total. The Hall–Kier alpha value is -2.60. The first-order valence-electron chi connectivity index (χ1n) is 6.12. The average molecular weight is 303 g/mol. The van der Waals surface area contributed by atoms with Crippen LogP contribution in [0.4, 0.5) is 17.2 Å². The van der Waals surface area contributed by atoms with Gasteiger partial charge in [-0.2, -0.15) is 0 Å². The Morgan fingerprint density at radius 3 is 2.57 bits per heavy atom. The van der Waals surface area contributed by atoms with Crippen molar-refractivity contribution in [3.05, 3.63) is 46.6 Å². The molecule has 106 valence electrons. The molecule has 0 aliphatic carbocycles. The fourth-order valence-corrected chi connectivity index (χ4v) is 2.38. The zero-order valence-corrected chi connectivity index (χ0v) is 11.8. The summed E-state index contributed by atoms with van der Waals surface area (Å²) < 4.78 is 0. The number of hydrogen-bond acceptors (Lipinski definition) is 5. The highest BCUT2D eigenvalue weighted by Crippen LogP contribution is 2.27. The van der Waals surface area contributed by atoms with Crippen LogP contribution in [-0.2, 0) is 0 Å². The largest absolute Gasteiger partial charge is 0.399 e. The fourth-order valence-electron chi connectivity index (χ4n) is 2.17. The predicted octanol–water partition coefficient (Wildman–Crippen LogP) is 2.29. The van der Waals surface area contributed by atoms with Crippen molar-refractivity contribution in [2.75, 3.05) is 18.1 Å². The number of aromatic nitrogens is 1. The third-order valence-electron chi connectivity index (χ3n) is 3.18. The Bertz CT molecular complexity index is 755. The molecule has 1 aliphatic rings. The molecule has 0 unspecified atom stereocenters. The molecule has 0 atom stereocenters. The zero-order chi connectivity index (χ0) is 15.1. The van der Waals surface area contributed by atoms with Gasteiger partial charge in [0.25, 0.3) is 11.8 Å². The second-order valence-electron chi connectivity index (χ2n) is 4.66. The standard InChI is InChI=1S/C14H11ClN4O2/c1-19-13(20)9-3-2-8(6-10(9)14(19)21)17-12-5-7(16)4-11(15)18-12/h2-6H,1H3,(H3,16,17,18). The lowest BCUT2D eigenvalue weighted by Crippen LogP contribution is -2.24. The number of nitrogens with two attached hydrogens (primary N) is 1. The molecule has 0 fully saturated rings. The Morgan fingerprint density at radius 1 is 1.14 bits per heavy atom. The lowest BCUT2D eigenvalue weighted by molar-refractivity contribution is 0.0693. The van der Waals surface area contributed by atoms with Gasteiger partial charge in [-0.1, -0.05) is 11.6 Å². The molecule has 2 aromatic rings. The Morgan fingerprint density at radius 2 is 1.86 bits per heavy atom. The van der Waals surface area contributed by atoms with E-state index in [-0.39, 0.29) is 17.0 Å². The van der Waals surface area contributed by atoms with Crippen molar-refractivity contribution in [2.45, 2.75) is 0 Å². The molecule has 0 bridgehead atoms. The molecule has 0 radical (unpaired) electrons. The normalized spacial score (nSPS) is 13.5. The second-order valence-corrected chi connectivity index (χ2v) is 5.05. The number of halogens is 1. The van der Waals surface area contributed by atoms with E-state index in [9.17, 15) is 9.59 Å². The molecular formula is C14H11ClN4O2. The first-order valence-corrected chi connectivity index (χ1v) is 6.50. The van der Waals surface area contributed by atoms with Crippen molar-refractivity contribution in [1.29, 1.82) is 0 Å². The van der Waals surface area contributed by atoms with Crippen molar-refractivity contribution in [2.24, 2.45) is 0 Å². The van der Waals surface area contributed by atoms with Gasteiger partial charge in [0.15, 0.2) is 0 Å². The van der Waals surface area contributed by atoms with Crippen LogP contribution in [0.5, 0.6) is 0 Å². The van der Waals surface area contributed by atoms with Crippen molar-refractivity contribution in [3.63, 3.8) is 0 Å². The third-order valence-corrected chi connectivity index (χ3v) is 3.37. The number of pyridine rings is 1. The molecule has 2 heterocycles. The van der Waals surface area contributed by atoms with Crippen LogP contribution in [0.25, 0.3) is 0 Å². The molecule has 21 heavy (non-hydrogen) atoms. The van der Waals surface area contributed by atoms with E-state index in [1.165, 1.54) is 13.1 Å². The number of hydrogen-bond donors (Lipinski definition) is 2. The van der Waals surface area contributed by atoms with Gasteiger partial charge in [0.1, 0.15) is 11.0 Å². The van der Waals surface area contributed by atoms with E-state index in [2.05, 4.69) is 10.3 Å². The molecule has 1 aliphatic heterocycles. The van der Waals surface area contributed by atoms with E-state index < -0.39 is 0 Å². The summed E-state index contributed by atoms with van der Waals surface area (Å²) in [6, 6.07) is 8.07. The van der Waals surface area contributed by atoms with Crippen LogP contribution < -0.4 is 11.1 Å². The summed E-state index contributed by atoms with van der Waals surface area (Å²) in [5, 5.41) is 3.28. The minimum Gasteiger partial charge on any atom is -0.399 e. The molecule has 0 spiro atoms. The van der Waals surface area contributed by atoms with E-state index in [1.807, 2.05) is 0 Å². The van der Waals surface area contributed by atoms with Crippen LogP contribution >= 0.6 is 11.6 Å². The van der Waals surface area contributed by atoms with E-state index in [4.69, 9.17) is 17.3 Å². The molecule has 1 aromatic heterocycles. The van der Waals surface area contributed by atoms with Crippen molar-refractivity contribution in [1.82, 2.24) is 9.88 Å². The minimum absolute atomic E-state index is 0.268. The number of benzene rings is 1. The summed E-state index contributed by atoms with van der Waals surface area (Å²) in [5.74, 6) is -0.158. The van der Waals surface area contributed by atoms with Crippen LogP contribution in [0.2, 0.25) is 5.15 Å². The highest BCUT2D eigenvalue weighted by atomic mass is 35.5. The number of fused-ring (bicyclic) bond motifs is 1. The number of nitrogen functional groups attached to an aromatic ring is 1. The van der Waals surface area contributed by atoms with Crippen LogP contribution in [-0.4, -0.2) is 28.7 Å². The van der Waals surface area contributed by atoms with Crippen molar-refractivity contribution < 1.29 is 9.59 Å². The minimum atomic E-state index is -0.322. The molecule has 7 heteroatoms. The van der Waals surface area contributed by atoms with Gasteiger partial charge in [-0.3, -0.25) is 14.5 Å². The van der Waals surface area contributed by atoms with Crippen molar-refractivity contribution in [3.8, 4) is 0 Å². The highest BCUT2D eigenvalue weighted by molar-refractivity contribution is 6.29. The van der Waals surface area contributed by atoms with Crippen LogP contribution in [0.15, 0.2) is 30.3 Å². The second kappa shape index (κ2) is 4.75. The smallest absolute Gasteiger partial charge is 0.261 e. The molecule has 0 saturated heterocycles. The number of nitrogens with one attached hydrogen (secondary N) is 1. The van der Waals surface area contributed by atoms with Gasteiger partial charge < -0.3 is 11.1 Å². The summed E-state index contributed by atoms with van der Waals surface area (Å²) in [5.41, 5.74) is 7.55. The van der Waals surface area contributed by atoms with Gasteiger partial charge in [-0.15, -0.1) is 0 Å². The van der Waals surface area contributed by atoms with Crippen molar-refractivity contribution >= 4 is 40.6 Å². The number of carbonyl (C=O) groups excluding carboxylic acids is 2. The Kier molecular flexibility index (Phi) is 3.03. The maximum Gasteiger partial charge on any atom is 0.261 e. The van der Waals surface area contributed by atoms with Crippen LogP contribution in [0.3, 0.4) is 0 Å². The Balaban J connectivity index is 1.95. The maximum absolute atomic E-state index is 11.9. The quantitative estimate of drug-likeness (QED) is 0.656. The maximum atomic E-state index is 11.9. The summed E-state index contributed by atoms with van der Waals surface area (Å²) in [7, 11) is 1.46. The monoisotopic (exact) mass is 302 g/mol. The molecule has 2 amide bonds. The summed E-state index contributed by atoms with van der Waals surface area (Å²) >= 11 is 5.83. The molecular weight excluding hydrogens is 292 g/mol. The number of imide groups is 1. The van der Waals surface area contributed by atoms with Crippen LogP contribution in [0, 0.1) is 0 Å². The number of rotatable bonds is 2. The summed E-state index contributed by atoms with van der Waals surface area (Å²) in [6.45, 7) is 0. The molecule has 1 aromatic carbocycles. The third kappa shape index (κ3) is 2.30. The van der Waals surface area contributed by atoms with Crippen LogP contribution in [0.1, 0.15) is 20.7 Å². The van der Waals surface area contributed by atoms with E-state index in [0.29, 0.717) is 28.3 Å². The summed E-state index contributed by atoms with van der Waals surface area (Å²) in [4.78, 5) is 28.9. The average Bonchev–Trinajstić information content (AvgIpc) is 2.63.